The van der Waals surface area contributed by atoms with Gasteiger partial charge in [0, 0.05) is 18.4 Å². The van der Waals surface area contributed by atoms with Crippen molar-refractivity contribution in [2.24, 2.45) is 0 Å². The molecular formula is C22H24N2O6. The van der Waals surface area contributed by atoms with Crippen LogP contribution in [0.5, 0.6) is 0 Å². The van der Waals surface area contributed by atoms with Gasteiger partial charge < -0.3 is 15.2 Å². The summed E-state index contributed by atoms with van der Waals surface area (Å²) in [6.45, 7) is 1.36. The molecule has 0 saturated carbocycles. The third-order valence-corrected chi connectivity index (χ3v) is 4.89. The van der Waals surface area contributed by atoms with E-state index in [2.05, 4.69) is 34.4 Å². The number of hydroxylamine groups is 1. The van der Waals surface area contributed by atoms with Crippen molar-refractivity contribution in [2.45, 2.75) is 31.7 Å². The fourth-order valence-corrected chi connectivity index (χ4v) is 3.49. The Morgan fingerprint density at radius 3 is 2.23 bits per heavy atom. The number of benzene rings is 2. The molecule has 0 saturated heterocycles. The third kappa shape index (κ3) is 5.36. The van der Waals surface area contributed by atoms with Gasteiger partial charge in [0.25, 0.3) is 0 Å². The van der Waals surface area contributed by atoms with Crippen LogP contribution in [0.1, 0.15) is 36.8 Å². The second kappa shape index (κ2) is 9.89. The number of fused-ring (bicyclic) bond motifs is 3. The second-order valence-electron chi connectivity index (χ2n) is 7.12. The molecular weight excluding hydrogens is 388 g/mol. The number of carboxylic acids is 1. The normalized spacial score (nSPS) is 13.1. The highest BCUT2D eigenvalue weighted by Gasteiger charge is 2.29. The lowest BCUT2D eigenvalue weighted by Gasteiger charge is -2.17. The Morgan fingerprint density at radius 1 is 1.03 bits per heavy atom. The van der Waals surface area contributed by atoms with Gasteiger partial charge in [-0.1, -0.05) is 48.5 Å². The van der Waals surface area contributed by atoms with Gasteiger partial charge in [-0.25, -0.2) is 15.1 Å². The molecule has 3 N–H and O–H groups in total. The summed E-state index contributed by atoms with van der Waals surface area (Å²) in [6.07, 6.45) is -0.122. The number of aliphatic carboxylic acids is 1. The molecule has 0 aliphatic heterocycles. The van der Waals surface area contributed by atoms with Crippen LogP contribution in [0.3, 0.4) is 0 Å². The van der Waals surface area contributed by atoms with E-state index in [1.807, 2.05) is 29.7 Å². The van der Waals surface area contributed by atoms with Gasteiger partial charge in [-0.2, -0.15) is 0 Å². The summed E-state index contributed by atoms with van der Waals surface area (Å²) >= 11 is 0. The van der Waals surface area contributed by atoms with Gasteiger partial charge in [0.15, 0.2) is 6.61 Å². The first-order valence-corrected chi connectivity index (χ1v) is 9.69. The van der Waals surface area contributed by atoms with Crippen LogP contribution in [0.25, 0.3) is 11.1 Å². The second-order valence-corrected chi connectivity index (χ2v) is 7.12. The molecule has 0 heterocycles. The van der Waals surface area contributed by atoms with Crippen LogP contribution in [-0.2, 0) is 19.2 Å². The van der Waals surface area contributed by atoms with E-state index < -0.39 is 24.6 Å². The van der Waals surface area contributed by atoms with Gasteiger partial charge >= 0.3 is 12.1 Å². The highest BCUT2D eigenvalue weighted by molar-refractivity contribution is 5.79. The first kappa shape index (κ1) is 21.3. The van der Waals surface area contributed by atoms with Crippen molar-refractivity contribution in [3.05, 3.63) is 59.7 Å². The third-order valence-electron chi connectivity index (χ3n) is 4.89. The van der Waals surface area contributed by atoms with Crippen LogP contribution in [0.15, 0.2) is 48.5 Å². The van der Waals surface area contributed by atoms with E-state index in [1.165, 1.54) is 0 Å². The maximum atomic E-state index is 12.2. The minimum absolute atomic E-state index is 0.0179. The van der Waals surface area contributed by atoms with Gasteiger partial charge in [0.05, 0.1) is 0 Å². The number of ether oxygens (including phenoxy) is 1. The van der Waals surface area contributed by atoms with Crippen molar-refractivity contribution in [2.75, 3.05) is 13.2 Å². The van der Waals surface area contributed by atoms with Gasteiger partial charge in [-0.15, -0.1) is 0 Å². The number of carbonyl (C=O) groups excluding carboxylic acids is 2. The number of amides is 2. The zero-order valence-corrected chi connectivity index (χ0v) is 16.6. The number of carboxylic acid groups (broad SMARTS) is 1. The summed E-state index contributed by atoms with van der Waals surface area (Å²) in [5.41, 5.74) is 6.63. The largest absolute Gasteiger partial charge is 0.479 e. The Morgan fingerprint density at radius 2 is 1.63 bits per heavy atom. The van der Waals surface area contributed by atoms with Crippen LogP contribution in [0.4, 0.5) is 4.79 Å². The molecule has 0 radical (unpaired) electrons. The minimum atomic E-state index is -1.18. The summed E-state index contributed by atoms with van der Waals surface area (Å²) in [7, 11) is 0. The smallest absolute Gasteiger partial charge is 0.407 e. The zero-order chi connectivity index (χ0) is 21.5. The van der Waals surface area contributed by atoms with E-state index >= 15 is 0 Å². The zero-order valence-electron chi connectivity index (χ0n) is 16.6. The van der Waals surface area contributed by atoms with Crippen LogP contribution >= 0.6 is 0 Å². The molecule has 2 aromatic rings. The topological polar surface area (TPSA) is 114 Å². The van der Waals surface area contributed by atoms with Crippen molar-refractivity contribution < 1.29 is 29.1 Å². The van der Waals surface area contributed by atoms with E-state index in [-0.39, 0.29) is 25.0 Å². The molecule has 1 unspecified atom stereocenters. The number of rotatable bonds is 9. The molecule has 1 atom stereocenters. The Kier molecular flexibility index (Phi) is 7.03. The number of carbonyl (C=O) groups is 3. The first-order valence-electron chi connectivity index (χ1n) is 9.69. The SMILES string of the molecule is CC(CCC(=O)NOCC(=O)O)NC(=O)OCC1c2ccccc2-c2ccccc21. The molecule has 0 bridgehead atoms. The lowest BCUT2D eigenvalue weighted by Crippen LogP contribution is -2.35. The van der Waals surface area contributed by atoms with Crippen molar-refractivity contribution in [1.82, 2.24) is 10.8 Å². The number of alkyl carbamates (subject to hydrolysis) is 1. The number of hydrogen-bond acceptors (Lipinski definition) is 5. The molecule has 2 amide bonds. The van der Waals surface area contributed by atoms with E-state index in [4.69, 9.17) is 9.84 Å². The molecule has 30 heavy (non-hydrogen) atoms. The average Bonchev–Trinajstić information content (AvgIpc) is 3.04. The first-order chi connectivity index (χ1) is 14.5. The maximum Gasteiger partial charge on any atom is 0.407 e. The van der Waals surface area contributed by atoms with Crippen LogP contribution in [-0.4, -0.2) is 42.3 Å². The monoisotopic (exact) mass is 412 g/mol. The fourth-order valence-electron chi connectivity index (χ4n) is 3.49. The maximum absolute atomic E-state index is 12.2. The van der Waals surface area contributed by atoms with Gasteiger partial charge in [0.2, 0.25) is 5.91 Å². The molecule has 8 nitrogen and oxygen atoms in total. The van der Waals surface area contributed by atoms with Gasteiger partial charge in [-0.05, 0) is 35.6 Å². The molecule has 2 aromatic carbocycles. The van der Waals surface area contributed by atoms with Crippen molar-refractivity contribution in [1.29, 1.82) is 0 Å². The molecule has 0 spiro atoms. The quantitative estimate of drug-likeness (QED) is 0.546. The summed E-state index contributed by atoms with van der Waals surface area (Å²) < 4.78 is 5.47. The van der Waals surface area contributed by atoms with Gasteiger partial charge in [0.1, 0.15) is 6.61 Å². The molecule has 158 valence electrons. The molecule has 0 fully saturated rings. The lowest BCUT2D eigenvalue weighted by atomic mass is 9.98. The van der Waals surface area contributed by atoms with Gasteiger partial charge in [-0.3, -0.25) is 9.63 Å². The van der Waals surface area contributed by atoms with E-state index in [0.717, 1.165) is 22.3 Å². The van der Waals surface area contributed by atoms with E-state index in [9.17, 15) is 14.4 Å². The minimum Gasteiger partial charge on any atom is -0.479 e. The predicted octanol–water partition coefficient (Wildman–Crippen LogP) is 2.83. The van der Waals surface area contributed by atoms with E-state index in [0.29, 0.717) is 6.42 Å². The Bertz CT molecular complexity index is 884. The fraction of sp³-hybridized carbons (Fsp3) is 0.318. The summed E-state index contributed by atoms with van der Waals surface area (Å²) in [6, 6.07) is 15.9. The van der Waals surface area contributed by atoms with E-state index in [1.54, 1.807) is 6.92 Å². The number of nitrogens with one attached hydrogen (secondary N) is 2. The standard InChI is InChI=1S/C22H24N2O6/c1-14(10-11-20(25)24-30-13-21(26)27)23-22(28)29-12-19-17-8-4-2-6-15(17)16-7-3-5-9-18(16)19/h2-9,14,19H,10-13H2,1H3,(H,23,28)(H,24,25)(H,26,27). The Labute approximate surface area is 174 Å². The Balaban J connectivity index is 1.46. The van der Waals surface area contributed by atoms with Crippen molar-refractivity contribution >= 4 is 18.0 Å². The van der Waals surface area contributed by atoms with Crippen molar-refractivity contribution in [3.63, 3.8) is 0 Å². The highest BCUT2D eigenvalue weighted by Crippen LogP contribution is 2.44. The summed E-state index contributed by atoms with van der Waals surface area (Å²) in [5.74, 6) is -1.66. The van der Waals surface area contributed by atoms with Crippen molar-refractivity contribution in [3.8, 4) is 11.1 Å². The average molecular weight is 412 g/mol. The summed E-state index contributed by atoms with van der Waals surface area (Å²) in [4.78, 5) is 38.6. The van der Waals surface area contributed by atoms with Crippen LogP contribution in [0.2, 0.25) is 0 Å². The van der Waals surface area contributed by atoms with Crippen LogP contribution < -0.4 is 10.8 Å². The number of hydrogen-bond donors (Lipinski definition) is 3. The molecule has 1 aliphatic carbocycles. The highest BCUT2D eigenvalue weighted by atomic mass is 16.7. The molecule has 8 heteroatoms. The molecule has 1 aliphatic rings. The predicted molar refractivity (Wildman–Crippen MR) is 109 cm³/mol. The molecule has 3 rings (SSSR count). The lowest BCUT2D eigenvalue weighted by molar-refractivity contribution is -0.149. The molecule has 0 aromatic heterocycles. The summed E-state index contributed by atoms with van der Waals surface area (Å²) in [5, 5.41) is 11.1. The van der Waals surface area contributed by atoms with Crippen LogP contribution in [0, 0.1) is 0 Å². The Hall–Kier alpha value is -3.39.